The molecular formula is C38H48N8. The molecule has 0 bridgehead atoms. The molecule has 1 aromatic carbocycles. The van der Waals surface area contributed by atoms with Gasteiger partial charge < -0.3 is 25.4 Å². The number of nitrogens with zero attached hydrogens (tertiary/aromatic N) is 5. The molecule has 8 nitrogen and oxygen atoms in total. The van der Waals surface area contributed by atoms with Crippen molar-refractivity contribution >= 4 is 28.0 Å². The summed E-state index contributed by atoms with van der Waals surface area (Å²) >= 11 is 0. The van der Waals surface area contributed by atoms with Crippen LogP contribution in [0.1, 0.15) is 49.0 Å². The summed E-state index contributed by atoms with van der Waals surface area (Å²) in [6.07, 6.45) is 14.8. The molecule has 0 unspecified atom stereocenters. The molecule has 3 aromatic heterocycles. The average Bonchev–Trinajstić information content (AvgIpc) is 3.51. The fourth-order valence-electron chi connectivity index (χ4n) is 5.77. The highest BCUT2D eigenvalue weighted by molar-refractivity contribution is 5.91. The largest absolute Gasteiger partial charge is 0.352 e. The Bertz CT molecular complexity index is 1710. The van der Waals surface area contributed by atoms with Gasteiger partial charge in [0.1, 0.15) is 11.3 Å². The maximum absolute atomic E-state index is 5.19. The van der Waals surface area contributed by atoms with Crippen molar-refractivity contribution < 1.29 is 0 Å². The van der Waals surface area contributed by atoms with E-state index in [0.717, 1.165) is 103 Å². The summed E-state index contributed by atoms with van der Waals surface area (Å²) in [5.41, 5.74) is 9.63. The van der Waals surface area contributed by atoms with E-state index in [1.165, 1.54) is 11.1 Å². The predicted octanol–water partition coefficient (Wildman–Crippen LogP) is 6.15. The van der Waals surface area contributed by atoms with Gasteiger partial charge >= 0.3 is 0 Å². The topological polar surface area (TPSA) is 85.0 Å². The number of allylic oxidation sites excluding steroid dienone is 4. The van der Waals surface area contributed by atoms with Crippen molar-refractivity contribution in [2.75, 3.05) is 57.8 Å². The van der Waals surface area contributed by atoms with Gasteiger partial charge in [0.25, 0.3) is 0 Å². The van der Waals surface area contributed by atoms with Crippen LogP contribution in [-0.4, -0.2) is 77.7 Å². The zero-order valence-electron chi connectivity index (χ0n) is 28.0. The fraction of sp³-hybridized carbons (Fsp3) is 0.342. The molecule has 0 spiro atoms. The second-order valence-electron chi connectivity index (χ2n) is 11.7. The normalized spacial score (nSPS) is 15.4. The lowest BCUT2D eigenvalue weighted by atomic mass is 9.97. The smallest absolute Gasteiger partial charge is 0.156 e. The number of hydrogen-bond donors (Lipinski definition) is 3. The van der Waals surface area contributed by atoms with Crippen molar-refractivity contribution in [3.05, 3.63) is 119 Å². The van der Waals surface area contributed by atoms with Crippen molar-refractivity contribution in [2.24, 2.45) is 0 Å². The van der Waals surface area contributed by atoms with Gasteiger partial charge in [0.15, 0.2) is 5.82 Å². The van der Waals surface area contributed by atoms with Crippen LogP contribution in [0.4, 0.5) is 5.82 Å². The minimum Gasteiger partial charge on any atom is -0.352 e. The summed E-state index contributed by atoms with van der Waals surface area (Å²) in [5, 5.41) is 7.06. The first-order valence-corrected chi connectivity index (χ1v) is 16.4. The van der Waals surface area contributed by atoms with Crippen LogP contribution in [-0.2, 0) is 6.54 Å². The van der Waals surface area contributed by atoms with Gasteiger partial charge in [-0.15, -0.1) is 0 Å². The third-order valence-corrected chi connectivity index (χ3v) is 8.38. The number of rotatable bonds is 13. The summed E-state index contributed by atoms with van der Waals surface area (Å²) in [6.45, 7) is 15.5. The Morgan fingerprint density at radius 3 is 2.57 bits per heavy atom. The van der Waals surface area contributed by atoms with Gasteiger partial charge in [0, 0.05) is 80.6 Å². The number of benzene rings is 1. The number of fused-ring (bicyclic) bond motifs is 1. The van der Waals surface area contributed by atoms with E-state index >= 15 is 0 Å². The number of aromatic nitrogens is 4. The third kappa shape index (κ3) is 8.26. The van der Waals surface area contributed by atoms with Crippen LogP contribution in [0, 0.1) is 6.92 Å². The molecular weight excluding hydrogens is 568 g/mol. The third-order valence-electron chi connectivity index (χ3n) is 8.38. The second kappa shape index (κ2) is 16.3. The molecule has 1 aliphatic heterocycles. The van der Waals surface area contributed by atoms with E-state index in [4.69, 9.17) is 15.0 Å². The van der Waals surface area contributed by atoms with Gasteiger partial charge in [-0.25, -0.2) is 9.97 Å². The van der Waals surface area contributed by atoms with Crippen LogP contribution in [0.2, 0.25) is 0 Å². The molecule has 8 heteroatoms. The number of likely N-dealkylation sites (N-methyl/N-ethyl adjacent to an activating group) is 2. The molecule has 240 valence electrons. The molecule has 0 atom stereocenters. The van der Waals surface area contributed by atoms with Gasteiger partial charge in [-0.2, -0.15) is 0 Å². The number of anilines is 1. The van der Waals surface area contributed by atoms with Crippen molar-refractivity contribution in [3.8, 4) is 0 Å². The van der Waals surface area contributed by atoms with Crippen LogP contribution in [0.5, 0.6) is 0 Å². The summed E-state index contributed by atoms with van der Waals surface area (Å²) in [6, 6.07) is 14.8. The van der Waals surface area contributed by atoms with Gasteiger partial charge in [0.05, 0.1) is 5.52 Å². The molecule has 1 aliphatic rings. The average molecular weight is 617 g/mol. The number of pyridine rings is 2. The predicted molar refractivity (Wildman–Crippen MR) is 193 cm³/mol. The quantitative estimate of drug-likeness (QED) is 0.123. The van der Waals surface area contributed by atoms with E-state index in [2.05, 4.69) is 127 Å². The molecule has 0 saturated carbocycles. The molecule has 4 aromatic rings. The first-order chi connectivity index (χ1) is 22.5. The number of nitrogens with one attached hydrogen (secondary N) is 3. The number of piperazine rings is 1. The fourth-order valence-corrected chi connectivity index (χ4v) is 5.77. The molecule has 1 fully saturated rings. The van der Waals surface area contributed by atoms with E-state index < -0.39 is 0 Å². The van der Waals surface area contributed by atoms with Crippen LogP contribution < -0.4 is 15.5 Å². The maximum atomic E-state index is 5.19. The summed E-state index contributed by atoms with van der Waals surface area (Å²) in [5.74, 6) is 1.78. The highest BCUT2D eigenvalue weighted by Gasteiger charge is 2.21. The lowest BCUT2D eigenvalue weighted by Gasteiger charge is -2.33. The van der Waals surface area contributed by atoms with Gasteiger partial charge in [-0.3, -0.25) is 4.98 Å². The first-order valence-electron chi connectivity index (χ1n) is 16.4. The lowest BCUT2D eigenvalue weighted by Crippen LogP contribution is -2.44. The Morgan fingerprint density at radius 1 is 1.02 bits per heavy atom. The molecule has 1 saturated heterocycles. The molecule has 0 amide bonds. The number of aryl methyl sites for hydroxylation is 1. The molecule has 4 heterocycles. The van der Waals surface area contributed by atoms with Crippen LogP contribution >= 0.6 is 0 Å². The number of imidazole rings is 1. The number of hydrogen-bond acceptors (Lipinski definition) is 7. The number of aromatic amines is 1. The van der Waals surface area contributed by atoms with Crippen molar-refractivity contribution in [1.82, 2.24) is 35.5 Å². The van der Waals surface area contributed by atoms with Crippen molar-refractivity contribution in [3.63, 3.8) is 0 Å². The Labute approximate surface area is 274 Å². The van der Waals surface area contributed by atoms with Crippen molar-refractivity contribution in [2.45, 2.75) is 34.2 Å². The first kappa shape index (κ1) is 33.0. The van der Waals surface area contributed by atoms with Gasteiger partial charge in [0.2, 0.25) is 0 Å². The summed E-state index contributed by atoms with van der Waals surface area (Å²) in [4.78, 5) is 23.2. The Morgan fingerprint density at radius 2 is 1.83 bits per heavy atom. The standard InChI is InChI=1S/C38H48N8/c1-6-12-30(26-40-25-29-13-10-9-11-14-29)23-31(7-2)32-24-34(28(4)42-27-32)33(15-17-39-8-3)37-43-35-16-18-41-38(36(35)44-37)46-21-19-45(5)20-22-46/h6-7,9-16,18,23-24,27,39-40H,8,17,19-22,25-26H2,1-5H3,(H,43,44)/b12-6+,30-23+,31-7+,33-15+. The van der Waals surface area contributed by atoms with E-state index in [1.54, 1.807) is 0 Å². The van der Waals surface area contributed by atoms with E-state index in [0.29, 0.717) is 0 Å². The minimum atomic E-state index is 0.727. The number of H-pyrrole nitrogens is 1. The van der Waals surface area contributed by atoms with E-state index in [9.17, 15) is 0 Å². The molecule has 3 N–H and O–H groups in total. The van der Waals surface area contributed by atoms with Crippen molar-refractivity contribution in [1.29, 1.82) is 0 Å². The zero-order chi connectivity index (χ0) is 32.3. The summed E-state index contributed by atoms with van der Waals surface area (Å²) in [7, 11) is 2.17. The Kier molecular flexibility index (Phi) is 11.7. The minimum absolute atomic E-state index is 0.727. The SMILES string of the molecule is C/C=C/C(=C\C(=C/C)c1cnc(C)c(/C(=C\CNCC)c2nc3c(N4CCN(C)CC4)nccc3[nH]2)c1)CNCc1ccccc1. The Balaban J connectivity index is 1.47. The molecule has 0 radical (unpaired) electrons. The maximum Gasteiger partial charge on any atom is 0.156 e. The highest BCUT2D eigenvalue weighted by Crippen LogP contribution is 2.31. The zero-order valence-corrected chi connectivity index (χ0v) is 28.0. The van der Waals surface area contributed by atoms with Gasteiger partial charge in [-0.05, 0) is 63.2 Å². The summed E-state index contributed by atoms with van der Waals surface area (Å²) < 4.78 is 0. The molecule has 0 aliphatic carbocycles. The van der Waals surface area contributed by atoms with Gasteiger partial charge in [-0.1, -0.05) is 67.6 Å². The lowest BCUT2D eigenvalue weighted by molar-refractivity contribution is 0.312. The van der Waals surface area contributed by atoms with Crippen LogP contribution in [0.15, 0.2) is 90.8 Å². The van der Waals surface area contributed by atoms with E-state index in [-0.39, 0.29) is 0 Å². The second-order valence-corrected chi connectivity index (χ2v) is 11.7. The molecule has 46 heavy (non-hydrogen) atoms. The monoisotopic (exact) mass is 616 g/mol. The van der Waals surface area contributed by atoms with E-state index in [1.807, 2.05) is 18.5 Å². The highest BCUT2D eigenvalue weighted by atomic mass is 15.3. The van der Waals surface area contributed by atoms with Crippen LogP contribution in [0.3, 0.4) is 0 Å². The molecule has 5 rings (SSSR count). The van der Waals surface area contributed by atoms with Crippen LogP contribution in [0.25, 0.3) is 22.2 Å². The Hall–Kier alpha value is -4.37.